The molecule has 0 aromatic carbocycles. The minimum Gasteiger partial charge on any atom is -0.392 e. The van der Waals surface area contributed by atoms with E-state index < -0.39 is 6.10 Å². The summed E-state index contributed by atoms with van der Waals surface area (Å²) in [5.41, 5.74) is 0. The Balaban J connectivity index is 4.23. The molecule has 1 amide bonds. The number of nitrogens with zero attached hydrogens (tertiary/aromatic N) is 2. The molecule has 0 aliphatic carbocycles. The summed E-state index contributed by atoms with van der Waals surface area (Å²) in [6.45, 7) is 13.1. The van der Waals surface area contributed by atoms with Crippen LogP contribution in [0, 0.1) is 0 Å². The number of hydrogen-bond donors (Lipinski definition) is 1. The van der Waals surface area contributed by atoms with Gasteiger partial charge < -0.3 is 14.9 Å². The molecule has 1 atom stereocenters. The van der Waals surface area contributed by atoms with Crippen LogP contribution >= 0.6 is 0 Å². The second kappa shape index (κ2) is 14.9. The minimum absolute atomic E-state index is 0.212. The zero-order valence-electron chi connectivity index (χ0n) is 16.0. The Labute approximate surface area is 144 Å². The van der Waals surface area contributed by atoms with Crippen molar-refractivity contribution < 1.29 is 9.90 Å². The Kier molecular flexibility index (Phi) is 14.6. The summed E-state index contributed by atoms with van der Waals surface area (Å²) in [4.78, 5) is 16.7. The number of amides is 1. The molecular weight excluding hydrogens is 288 g/mol. The van der Waals surface area contributed by atoms with Crippen molar-refractivity contribution in [3.8, 4) is 0 Å². The average molecular weight is 329 g/mol. The van der Waals surface area contributed by atoms with E-state index in [2.05, 4.69) is 32.6 Å². The van der Waals surface area contributed by atoms with Crippen LogP contribution in [0.2, 0.25) is 0 Å². The summed E-state index contributed by atoms with van der Waals surface area (Å²) < 4.78 is 0. The summed E-state index contributed by atoms with van der Waals surface area (Å²) in [6.07, 6.45) is 7.23. The molecule has 0 aromatic rings. The van der Waals surface area contributed by atoms with Gasteiger partial charge in [0.05, 0.1) is 6.10 Å². The molecule has 0 spiro atoms. The zero-order chi connectivity index (χ0) is 17.5. The first-order valence-corrected chi connectivity index (χ1v) is 9.77. The largest absolute Gasteiger partial charge is 0.392 e. The summed E-state index contributed by atoms with van der Waals surface area (Å²) >= 11 is 0. The molecule has 4 nitrogen and oxygen atoms in total. The van der Waals surface area contributed by atoms with Gasteiger partial charge in [0, 0.05) is 26.1 Å². The standard InChI is InChI=1S/C19H40N2O2/c1-5-9-15-21(16-10-6-2)19(23)12-11-18(22)17-20(13-7-3)14-8-4/h18,22H,5-17H2,1-4H3. The number of aliphatic hydroxyl groups excluding tert-OH is 1. The maximum Gasteiger partial charge on any atom is 0.222 e. The van der Waals surface area contributed by atoms with Gasteiger partial charge in [0.25, 0.3) is 0 Å². The van der Waals surface area contributed by atoms with Crippen LogP contribution in [-0.2, 0) is 4.79 Å². The van der Waals surface area contributed by atoms with Gasteiger partial charge in [-0.2, -0.15) is 0 Å². The van der Waals surface area contributed by atoms with E-state index in [0.29, 0.717) is 19.4 Å². The SMILES string of the molecule is CCCCN(CCCC)C(=O)CCC(O)CN(CCC)CCC. The Morgan fingerprint density at radius 3 is 1.83 bits per heavy atom. The molecular formula is C19H40N2O2. The molecule has 0 fully saturated rings. The summed E-state index contributed by atoms with van der Waals surface area (Å²) in [7, 11) is 0. The molecule has 4 heteroatoms. The van der Waals surface area contributed by atoms with Gasteiger partial charge in [0.1, 0.15) is 0 Å². The second-order valence-corrected chi connectivity index (χ2v) is 6.58. The van der Waals surface area contributed by atoms with Gasteiger partial charge in [-0.1, -0.05) is 40.5 Å². The smallest absolute Gasteiger partial charge is 0.222 e. The maximum atomic E-state index is 12.4. The van der Waals surface area contributed by atoms with Crippen molar-refractivity contribution in [1.82, 2.24) is 9.80 Å². The predicted octanol–water partition coefficient (Wildman–Crippen LogP) is 3.68. The van der Waals surface area contributed by atoms with Crippen LogP contribution in [0.5, 0.6) is 0 Å². The molecule has 0 saturated heterocycles. The first-order chi connectivity index (χ1) is 11.1. The molecule has 0 bridgehead atoms. The van der Waals surface area contributed by atoms with Gasteiger partial charge in [-0.15, -0.1) is 0 Å². The lowest BCUT2D eigenvalue weighted by molar-refractivity contribution is -0.132. The highest BCUT2D eigenvalue weighted by Gasteiger charge is 2.16. The monoisotopic (exact) mass is 328 g/mol. The van der Waals surface area contributed by atoms with Crippen LogP contribution in [0.4, 0.5) is 0 Å². The lowest BCUT2D eigenvalue weighted by Crippen LogP contribution is -2.36. The van der Waals surface area contributed by atoms with Gasteiger partial charge in [-0.25, -0.2) is 0 Å². The number of aliphatic hydroxyl groups is 1. The normalized spacial score (nSPS) is 12.6. The van der Waals surface area contributed by atoms with E-state index in [9.17, 15) is 9.90 Å². The molecule has 0 saturated carbocycles. The Morgan fingerprint density at radius 1 is 0.870 bits per heavy atom. The first kappa shape index (κ1) is 22.4. The number of unbranched alkanes of at least 4 members (excludes halogenated alkanes) is 2. The van der Waals surface area contributed by atoms with E-state index in [1.165, 1.54) is 0 Å². The lowest BCUT2D eigenvalue weighted by atomic mass is 10.1. The molecule has 0 rings (SSSR count). The van der Waals surface area contributed by atoms with E-state index in [4.69, 9.17) is 0 Å². The summed E-state index contributed by atoms with van der Waals surface area (Å²) in [5, 5.41) is 10.2. The Bertz CT molecular complexity index is 271. The number of hydrogen-bond acceptors (Lipinski definition) is 3. The topological polar surface area (TPSA) is 43.8 Å². The number of carbonyl (C=O) groups excluding carboxylic acids is 1. The van der Waals surface area contributed by atoms with Crippen molar-refractivity contribution in [3.63, 3.8) is 0 Å². The predicted molar refractivity (Wildman–Crippen MR) is 98.7 cm³/mol. The molecule has 1 N–H and O–H groups in total. The fourth-order valence-corrected chi connectivity index (χ4v) is 2.82. The summed E-state index contributed by atoms with van der Waals surface area (Å²) in [6, 6.07) is 0. The van der Waals surface area contributed by atoms with Crippen molar-refractivity contribution in [2.75, 3.05) is 32.7 Å². The highest BCUT2D eigenvalue weighted by molar-refractivity contribution is 5.76. The van der Waals surface area contributed by atoms with E-state index in [0.717, 1.165) is 64.7 Å². The van der Waals surface area contributed by atoms with E-state index in [-0.39, 0.29) is 5.91 Å². The highest BCUT2D eigenvalue weighted by atomic mass is 16.3. The molecule has 138 valence electrons. The minimum atomic E-state index is -0.392. The molecule has 0 aliphatic rings. The van der Waals surface area contributed by atoms with Crippen LogP contribution in [0.1, 0.15) is 79.1 Å². The van der Waals surface area contributed by atoms with Crippen LogP contribution in [0.15, 0.2) is 0 Å². The van der Waals surface area contributed by atoms with Gasteiger partial charge in [0.15, 0.2) is 0 Å². The van der Waals surface area contributed by atoms with E-state index in [1.54, 1.807) is 0 Å². The van der Waals surface area contributed by atoms with E-state index >= 15 is 0 Å². The highest BCUT2D eigenvalue weighted by Crippen LogP contribution is 2.07. The van der Waals surface area contributed by atoms with Crippen molar-refractivity contribution in [1.29, 1.82) is 0 Å². The van der Waals surface area contributed by atoms with Crippen molar-refractivity contribution in [2.24, 2.45) is 0 Å². The van der Waals surface area contributed by atoms with Gasteiger partial charge in [-0.05, 0) is 45.2 Å². The Hall–Kier alpha value is -0.610. The molecule has 0 aromatic heterocycles. The van der Waals surface area contributed by atoms with Crippen LogP contribution in [0.3, 0.4) is 0 Å². The molecule has 0 radical (unpaired) electrons. The first-order valence-electron chi connectivity index (χ1n) is 9.77. The maximum absolute atomic E-state index is 12.4. The number of rotatable bonds is 15. The fraction of sp³-hybridized carbons (Fsp3) is 0.947. The molecule has 1 unspecified atom stereocenters. The van der Waals surface area contributed by atoms with Crippen molar-refractivity contribution in [3.05, 3.63) is 0 Å². The van der Waals surface area contributed by atoms with Gasteiger partial charge in [0.2, 0.25) is 5.91 Å². The fourth-order valence-electron chi connectivity index (χ4n) is 2.82. The molecule has 23 heavy (non-hydrogen) atoms. The van der Waals surface area contributed by atoms with Gasteiger partial charge in [-0.3, -0.25) is 4.79 Å². The van der Waals surface area contributed by atoms with Crippen molar-refractivity contribution in [2.45, 2.75) is 85.2 Å². The van der Waals surface area contributed by atoms with Crippen LogP contribution < -0.4 is 0 Å². The summed E-state index contributed by atoms with van der Waals surface area (Å²) in [5.74, 6) is 0.212. The lowest BCUT2D eigenvalue weighted by Gasteiger charge is -2.25. The average Bonchev–Trinajstić information content (AvgIpc) is 2.53. The van der Waals surface area contributed by atoms with Gasteiger partial charge >= 0.3 is 0 Å². The van der Waals surface area contributed by atoms with Crippen LogP contribution in [0.25, 0.3) is 0 Å². The Morgan fingerprint density at radius 2 is 1.39 bits per heavy atom. The third-order valence-corrected chi connectivity index (χ3v) is 4.16. The zero-order valence-corrected chi connectivity index (χ0v) is 16.0. The van der Waals surface area contributed by atoms with Crippen LogP contribution in [-0.4, -0.2) is 59.6 Å². The second-order valence-electron chi connectivity index (χ2n) is 6.58. The quantitative estimate of drug-likeness (QED) is 0.499. The molecule has 0 heterocycles. The number of carbonyl (C=O) groups is 1. The third kappa shape index (κ3) is 11.5. The molecule has 0 aliphatic heterocycles. The third-order valence-electron chi connectivity index (χ3n) is 4.16. The van der Waals surface area contributed by atoms with E-state index in [1.807, 2.05) is 4.90 Å². The van der Waals surface area contributed by atoms with Crippen molar-refractivity contribution >= 4 is 5.91 Å².